The van der Waals surface area contributed by atoms with Gasteiger partial charge in [0.05, 0.1) is 17.2 Å². The van der Waals surface area contributed by atoms with E-state index in [9.17, 15) is 8.78 Å². The van der Waals surface area contributed by atoms with Crippen molar-refractivity contribution in [3.05, 3.63) is 84.5 Å². The third-order valence-electron chi connectivity index (χ3n) is 5.85. The number of halogens is 2. The molecule has 1 aliphatic rings. The standard InChI is InChI=1S/C26H29F2N5/c1-19(30-14-12-20-7-5-13-29-18-20)33-16-6-15-32(3)24-11-10-23(31-25(24)33)21-8-4-9-22(17-21)26(2,27)28/h4-5,7-11,13,17-18,30H,1,6,12,14-16H2,2-3H3. The second kappa shape index (κ2) is 9.57. The first-order valence-corrected chi connectivity index (χ1v) is 11.1. The fourth-order valence-corrected chi connectivity index (χ4v) is 4.00. The number of alkyl halides is 2. The normalized spacial score (nSPS) is 13.9. The molecule has 0 radical (unpaired) electrons. The Labute approximate surface area is 193 Å². The third-order valence-corrected chi connectivity index (χ3v) is 5.85. The molecule has 5 nitrogen and oxygen atoms in total. The summed E-state index contributed by atoms with van der Waals surface area (Å²) < 4.78 is 27.8. The van der Waals surface area contributed by atoms with E-state index in [4.69, 9.17) is 4.98 Å². The maximum atomic E-state index is 13.9. The summed E-state index contributed by atoms with van der Waals surface area (Å²) in [6.45, 7) is 7.56. The number of fused-ring (bicyclic) bond motifs is 1. The monoisotopic (exact) mass is 449 g/mol. The summed E-state index contributed by atoms with van der Waals surface area (Å²) in [6.07, 6.45) is 5.41. The number of benzene rings is 1. The van der Waals surface area contributed by atoms with E-state index >= 15 is 0 Å². The molecule has 0 unspecified atom stereocenters. The molecule has 1 aromatic carbocycles. The molecule has 33 heavy (non-hydrogen) atoms. The van der Waals surface area contributed by atoms with Gasteiger partial charge in [0.1, 0.15) is 0 Å². The van der Waals surface area contributed by atoms with Crippen molar-refractivity contribution in [1.82, 2.24) is 15.3 Å². The van der Waals surface area contributed by atoms with Crippen LogP contribution in [0.3, 0.4) is 0 Å². The second-order valence-corrected chi connectivity index (χ2v) is 8.42. The minimum absolute atomic E-state index is 0.0211. The summed E-state index contributed by atoms with van der Waals surface area (Å²) >= 11 is 0. The SMILES string of the molecule is C=C(NCCc1cccnc1)N1CCCN(C)c2ccc(-c3cccc(C(C)(F)F)c3)nc21. The van der Waals surface area contributed by atoms with Crippen molar-refractivity contribution in [2.45, 2.75) is 25.7 Å². The Kier molecular flexibility index (Phi) is 6.58. The largest absolute Gasteiger partial charge is 0.372 e. The summed E-state index contributed by atoms with van der Waals surface area (Å²) in [4.78, 5) is 13.3. The highest BCUT2D eigenvalue weighted by Crippen LogP contribution is 2.35. The third kappa shape index (κ3) is 5.30. The van der Waals surface area contributed by atoms with Crippen LogP contribution in [0, 0.1) is 0 Å². The van der Waals surface area contributed by atoms with E-state index in [1.54, 1.807) is 12.3 Å². The van der Waals surface area contributed by atoms with Gasteiger partial charge >= 0.3 is 0 Å². The molecule has 1 N–H and O–H groups in total. The highest BCUT2D eigenvalue weighted by Gasteiger charge is 2.26. The van der Waals surface area contributed by atoms with Crippen LogP contribution in [0.4, 0.5) is 20.3 Å². The van der Waals surface area contributed by atoms with Crippen molar-refractivity contribution >= 4 is 11.5 Å². The summed E-state index contributed by atoms with van der Waals surface area (Å²) in [7, 11) is 2.04. The molecule has 0 amide bonds. The van der Waals surface area contributed by atoms with Gasteiger partial charge in [0.15, 0.2) is 5.82 Å². The summed E-state index contributed by atoms with van der Waals surface area (Å²) in [5.41, 5.74) is 3.44. The number of hydrogen-bond donors (Lipinski definition) is 1. The van der Waals surface area contributed by atoms with Crippen LogP contribution in [-0.2, 0) is 12.3 Å². The van der Waals surface area contributed by atoms with Crippen molar-refractivity contribution in [3.63, 3.8) is 0 Å². The van der Waals surface area contributed by atoms with Crippen LogP contribution in [0.1, 0.15) is 24.5 Å². The van der Waals surface area contributed by atoms with E-state index in [-0.39, 0.29) is 5.56 Å². The average molecular weight is 450 g/mol. The van der Waals surface area contributed by atoms with E-state index in [2.05, 4.69) is 32.7 Å². The lowest BCUT2D eigenvalue weighted by atomic mass is 10.0. The van der Waals surface area contributed by atoms with E-state index in [1.807, 2.05) is 37.5 Å². The number of pyridine rings is 2. The molecule has 7 heteroatoms. The van der Waals surface area contributed by atoms with Crippen molar-refractivity contribution < 1.29 is 8.78 Å². The first-order valence-electron chi connectivity index (χ1n) is 11.1. The smallest absolute Gasteiger partial charge is 0.270 e. The molecule has 0 atom stereocenters. The molecule has 1 aliphatic heterocycles. The molecule has 3 aromatic rings. The lowest BCUT2D eigenvalue weighted by Gasteiger charge is -2.27. The fraction of sp³-hybridized carbons (Fsp3) is 0.308. The Morgan fingerprint density at radius 1 is 1.15 bits per heavy atom. The van der Waals surface area contributed by atoms with Crippen LogP contribution in [0.2, 0.25) is 0 Å². The number of rotatable bonds is 7. The molecule has 0 saturated heterocycles. The average Bonchev–Trinajstić information content (AvgIpc) is 2.97. The molecule has 0 saturated carbocycles. The molecule has 172 valence electrons. The van der Waals surface area contributed by atoms with Gasteiger partial charge in [-0.1, -0.05) is 30.8 Å². The van der Waals surface area contributed by atoms with Crippen molar-refractivity contribution in [2.75, 3.05) is 36.5 Å². The van der Waals surface area contributed by atoms with Crippen LogP contribution >= 0.6 is 0 Å². The first kappa shape index (κ1) is 22.7. The quantitative estimate of drug-likeness (QED) is 0.537. The highest BCUT2D eigenvalue weighted by molar-refractivity contribution is 5.74. The number of nitrogens with one attached hydrogen (secondary N) is 1. The van der Waals surface area contributed by atoms with Gasteiger partial charge < -0.3 is 15.1 Å². The van der Waals surface area contributed by atoms with Crippen molar-refractivity contribution in [2.24, 2.45) is 0 Å². The van der Waals surface area contributed by atoms with Crippen LogP contribution in [-0.4, -0.2) is 36.6 Å². The molecule has 0 bridgehead atoms. The molecule has 3 heterocycles. The lowest BCUT2D eigenvalue weighted by molar-refractivity contribution is 0.0175. The minimum atomic E-state index is -2.90. The number of anilines is 2. The maximum Gasteiger partial charge on any atom is 0.270 e. The first-order chi connectivity index (χ1) is 15.8. The molecule has 0 fully saturated rings. The molecule has 4 rings (SSSR count). The topological polar surface area (TPSA) is 44.3 Å². The Bertz CT molecular complexity index is 1110. The van der Waals surface area contributed by atoms with Gasteiger partial charge in [-0.05, 0) is 42.7 Å². The maximum absolute atomic E-state index is 13.9. The Balaban J connectivity index is 1.60. The number of hydrogen-bond acceptors (Lipinski definition) is 5. The van der Waals surface area contributed by atoms with Gasteiger partial charge in [-0.25, -0.2) is 13.8 Å². The van der Waals surface area contributed by atoms with Gasteiger partial charge in [-0.15, -0.1) is 0 Å². The van der Waals surface area contributed by atoms with Crippen molar-refractivity contribution in [1.29, 1.82) is 0 Å². The van der Waals surface area contributed by atoms with Gasteiger partial charge in [0, 0.05) is 57.1 Å². The Morgan fingerprint density at radius 2 is 2.00 bits per heavy atom. The van der Waals surface area contributed by atoms with Gasteiger partial charge in [-0.3, -0.25) is 4.98 Å². The molecule has 0 aliphatic carbocycles. The van der Waals surface area contributed by atoms with Crippen LogP contribution in [0.15, 0.2) is 73.3 Å². The molecular formula is C26H29F2N5. The summed E-state index contributed by atoms with van der Waals surface area (Å²) in [5.74, 6) is -1.35. The predicted molar refractivity (Wildman–Crippen MR) is 130 cm³/mol. The minimum Gasteiger partial charge on any atom is -0.372 e. The predicted octanol–water partition coefficient (Wildman–Crippen LogP) is 5.21. The summed E-state index contributed by atoms with van der Waals surface area (Å²) in [6, 6.07) is 14.3. The van der Waals surface area contributed by atoms with E-state index in [0.29, 0.717) is 11.3 Å². The van der Waals surface area contributed by atoms with Crippen LogP contribution in [0.25, 0.3) is 11.3 Å². The van der Waals surface area contributed by atoms with Crippen molar-refractivity contribution in [3.8, 4) is 11.3 Å². The zero-order valence-electron chi connectivity index (χ0n) is 19.1. The van der Waals surface area contributed by atoms with Gasteiger partial charge in [0.25, 0.3) is 5.92 Å². The van der Waals surface area contributed by atoms with E-state index in [1.165, 1.54) is 12.1 Å². The van der Waals surface area contributed by atoms with Gasteiger partial charge in [-0.2, -0.15) is 0 Å². The van der Waals surface area contributed by atoms with Gasteiger partial charge in [0.2, 0.25) is 0 Å². The van der Waals surface area contributed by atoms with E-state index < -0.39 is 5.92 Å². The molecule has 0 spiro atoms. The second-order valence-electron chi connectivity index (χ2n) is 8.42. The van der Waals surface area contributed by atoms with Crippen LogP contribution < -0.4 is 15.1 Å². The number of aromatic nitrogens is 2. The zero-order chi connectivity index (χ0) is 23.4. The number of nitrogens with zero attached hydrogens (tertiary/aromatic N) is 4. The van der Waals surface area contributed by atoms with E-state index in [0.717, 1.165) is 62.3 Å². The van der Waals surface area contributed by atoms with Crippen LogP contribution in [0.5, 0.6) is 0 Å². The lowest BCUT2D eigenvalue weighted by Crippen LogP contribution is -2.33. The highest BCUT2D eigenvalue weighted by atomic mass is 19.3. The molecule has 2 aromatic heterocycles. The zero-order valence-corrected chi connectivity index (χ0v) is 19.1. The Morgan fingerprint density at radius 3 is 2.76 bits per heavy atom. The Hall–Kier alpha value is -3.48. The molecular weight excluding hydrogens is 420 g/mol. The summed E-state index contributed by atoms with van der Waals surface area (Å²) in [5, 5.41) is 3.42. The fourth-order valence-electron chi connectivity index (χ4n) is 4.00.